The SMILES string of the molecule is CN(C)CC1CCN(Cc2ccc(Cl)nn2)CC1. The lowest BCUT2D eigenvalue weighted by Crippen LogP contribution is -2.36. The van der Waals surface area contributed by atoms with Gasteiger partial charge in [0.1, 0.15) is 0 Å². The van der Waals surface area contributed by atoms with Crippen LogP contribution in [0, 0.1) is 5.92 Å². The minimum atomic E-state index is 0.462. The molecule has 0 radical (unpaired) electrons. The maximum atomic E-state index is 5.73. The normalized spacial score (nSPS) is 18.4. The molecule has 1 saturated heterocycles. The summed E-state index contributed by atoms with van der Waals surface area (Å²) in [6.45, 7) is 4.40. The summed E-state index contributed by atoms with van der Waals surface area (Å²) in [5.74, 6) is 0.840. The number of likely N-dealkylation sites (tertiary alicyclic amines) is 1. The van der Waals surface area contributed by atoms with Gasteiger partial charge in [-0.05, 0) is 58.1 Å². The van der Waals surface area contributed by atoms with Crippen LogP contribution in [0.2, 0.25) is 5.15 Å². The molecular formula is C13H21ClN4. The van der Waals surface area contributed by atoms with Crippen LogP contribution in [0.25, 0.3) is 0 Å². The predicted molar refractivity (Wildman–Crippen MR) is 73.6 cm³/mol. The van der Waals surface area contributed by atoms with Gasteiger partial charge < -0.3 is 4.90 Å². The highest BCUT2D eigenvalue weighted by Crippen LogP contribution is 2.19. The first kappa shape index (κ1) is 13.7. The van der Waals surface area contributed by atoms with Gasteiger partial charge in [0.25, 0.3) is 0 Å². The third-order valence-electron chi connectivity index (χ3n) is 3.40. The lowest BCUT2D eigenvalue weighted by atomic mass is 9.96. The number of nitrogens with zero attached hydrogens (tertiary/aromatic N) is 4. The van der Waals surface area contributed by atoms with Gasteiger partial charge in [0, 0.05) is 13.1 Å². The molecule has 0 saturated carbocycles. The first-order valence-corrected chi connectivity index (χ1v) is 6.86. The van der Waals surface area contributed by atoms with Gasteiger partial charge in [-0.15, -0.1) is 5.10 Å². The van der Waals surface area contributed by atoms with Crippen molar-refractivity contribution in [2.45, 2.75) is 19.4 Å². The van der Waals surface area contributed by atoms with Crippen molar-refractivity contribution in [3.63, 3.8) is 0 Å². The summed E-state index contributed by atoms with van der Waals surface area (Å²) in [7, 11) is 4.30. The standard InChI is InChI=1S/C13H21ClN4/c1-17(2)9-11-5-7-18(8-6-11)10-12-3-4-13(14)16-15-12/h3-4,11H,5-10H2,1-2H3. The molecule has 0 amide bonds. The van der Waals surface area contributed by atoms with Crippen molar-refractivity contribution in [2.24, 2.45) is 5.92 Å². The summed E-state index contributed by atoms with van der Waals surface area (Å²) in [6, 6.07) is 3.77. The zero-order chi connectivity index (χ0) is 13.0. The Morgan fingerprint density at radius 1 is 1.28 bits per heavy atom. The van der Waals surface area contributed by atoms with Crippen molar-refractivity contribution in [3.8, 4) is 0 Å². The Hall–Kier alpha value is -0.710. The van der Waals surface area contributed by atoms with E-state index >= 15 is 0 Å². The highest BCUT2D eigenvalue weighted by atomic mass is 35.5. The van der Waals surface area contributed by atoms with Gasteiger partial charge in [0.15, 0.2) is 5.15 Å². The molecule has 1 aliphatic rings. The molecule has 1 aromatic heterocycles. The average Bonchev–Trinajstić information content (AvgIpc) is 2.34. The van der Waals surface area contributed by atoms with Gasteiger partial charge in [-0.25, -0.2) is 0 Å². The second kappa shape index (κ2) is 6.45. The van der Waals surface area contributed by atoms with Gasteiger partial charge in [-0.1, -0.05) is 11.6 Å². The number of aromatic nitrogens is 2. The molecule has 0 bridgehead atoms. The van der Waals surface area contributed by atoms with Crippen molar-refractivity contribution in [3.05, 3.63) is 23.0 Å². The fourth-order valence-corrected chi connectivity index (χ4v) is 2.60. The Morgan fingerprint density at radius 3 is 2.56 bits per heavy atom. The predicted octanol–water partition coefficient (Wildman–Crippen LogP) is 1.90. The van der Waals surface area contributed by atoms with E-state index in [0.717, 1.165) is 31.2 Å². The zero-order valence-corrected chi connectivity index (χ0v) is 11.9. The van der Waals surface area contributed by atoms with E-state index in [1.54, 1.807) is 0 Å². The molecule has 0 aliphatic carbocycles. The van der Waals surface area contributed by atoms with Crippen molar-refractivity contribution in [1.29, 1.82) is 0 Å². The Morgan fingerprint density at radius 2 is 2.00 bits per heavy atom. The monoisotopic (exact) mass is 268 g/mol. The van der Waals surface area contributed by atoms with Crippen LogP contribution >= 0.6 is 11.6 Å². The Bertz CT molecular complexity index is 358. The van der Waals surface area contributed by atoms with Crippen molar-refractivity contribution in [2.75, 3.05) is 33.7 Å². The van der Waals surface area contributed by atoms with Crippen LogP contribution in [0.1, 0.15) is 18.5 Å². The molecular weight excluding hydrogens is 248 g/mol. The molecule has 5 heteroatoms. The van der Waals surface area contributed by atoms with Gasteiger partial charge >= 0.3 is 0 Å². The number of rotatable bonds is 4. The van der Waals surface area contributed by atoms with Gasteiger partial charge in [-0.2, -0.15) is 5.10 Å². The Labute approximate surface area is 114 Å². The summed E-state index contributed by atoms with van der Waals surface area (Å²) in [5.41, 5.74) is 1.01. The highest BCUT2D eigenvalue weighted by Gasteiger charge is 2.19. The first-order valence-electron chi connectivity index (χ1n) is 6.48. The van der Waals surface area contributed by atoms with Crippen LogP contribution in [0.15, 0.2) is 12.1 Å². The summed E-state index contributed by atoms with van der Waals surface area (Å²) in [4.78, 5) is 4.73. The van der Waals surface area contributed by atoms with Crippen LogP contribution in [0.4, 0.5) is 0 Å². The molecule has 4 nitrogen and oxygen atoms in total. The molecule has 0 aromatic carbocycles. The maximum absolute atomic E-state index is 5.73. The summed E-state index contributed by atoms with van der Waals surface area (Å²) < 4.78 is 0. The first-order chi connectivity index (χ1) is 8.63. The van der Waals surface area contributed by atoms with Crippen molar-refractivity contribution in [1.82, 2.24) is 20.0 Å². The minimum Gasteiger partial charge on any atom is -0.309 e. The Balaban J connectivity index is 1.78. The van der Waals surface area contributed by atoms with E-state index in [1.807, 2.05) is 12.1 Å². The van der Waals surface area contributed by atoms with E-state index in [2.05, 4.69) is 34.1 Å². The van der Waals surface area contributed by atoms with E-state index in [0.29, 0.717) is 5.15 Å². The number of hydrogen-bond acceptors (Lipinski definition) is 4. The molecule has 1 fully saturated rings. The summed E-state index contributed by atoms with van der Waals surface area (Å²) >= 11 is 5.73. The van der Waals surface area contributed by atoms with Crippen molar-refractivity contribution < 1.29 is 0 Å². The second-order valence-electron chi connectivity index (χ2n) is 5.33. The molecule has 1 aromatic rings. The van der Waals surface area contributed by atoms with Crippen LogP contribution < -0.4 is 0 Å². The largest absolute Gasteiger partial charge is 0.309 e. The number of piperidine rings is 1. The molecule has 18 heavy (non-hydrogen) atoms. The van der Waals surface area contributed by atoms with E-state index < -0.39 is 0 Å². The fourth-order valence-electron chi connectivity index (χ4n) is 2.50. The molecule has 1 aliphatic heterocycles. The summed E-state index contributed by atoms with van der Waals surface area (Å²) in [6.07, 6.45) is 2.55. The molecule has 100 valence electrons. The summed E-state index contributed by atoms with van der Waals surface area (Å²) in [5, 5.41) is 8.45. The minimum absolute atomic E-state index is 0.462. The molecule has 2 rings (SSSR count). The number of halogens is 1. The average molecular weight is 269 g/mol. The lowest BCUT2D eigenvalue weighted by molar-refractivity contribution is 0.155. The third kappa shape index (κ3) is 4.19. The fraction of sp³-hybridized carbons (Fsp3) is 0.692. The van der Waals surface area contributed by atoms with Gasteiger partial charge in [0.2, 0.25) is 0 Å². The van der Waals surface area contributed by atoms with Gasteiger partial charge in [-0.3, -0.25) is 4.90 Å². The van der Waals surface area contributed by atoms with E-state index in [1.165, 1.54) is 19.4 Å². The third-order valence-corrected chi connectivity index (χ3v) is 3.60. The topological polar surface area (TPSA) is 32.3 Å². The number of hydrogen-bond donors (Lipinski definition) is 0. The second-order valence-corrected chi connectivity index (χ2v) is 5.72. The molecule has 0 unspecified atom stereocenters. The lowest BCUT2D eigenvalue weighted by Gasteiger charge is -2.32. The quantitative estimate of drug-likeness (QED) is 0.835. The zero-order valence-electron chi connectivity index (χ0n) is 11.1. The van der Waals surface area contributed by atoms with E-state index in [9.17, 15) is 0 Å². The van der Waals surface area contributed by atoms with Crippen LogP contribution in [0.3, 0.4) is 0 Å². The maximum Gasteiger partial charge on any atom is 0.151 e. The van der Waals surface area contributed by atoms with Gasteiger partial charge in [0.05, 0.1) is 5.69 Å². The van der Waals surface area contributed by atoms with Crippen LogP contribution in [0.5, 0.6) is 0 Å². The Kier molecular flexibility index (Phi) is 4.92. The van der Waals surface area contributed by atoms with Crippen LogP contribution in [-0.4, -0.2) is 53.7 Å². The van der Waals surface area contributed by atoms with Crippen LogP contribution in [-0.2, 0) is 6.54 Å². The smallest absolute Gasteiger partial charge is 0.151 e. The molecule has 0 atom stereocenters. The molecule has 2 heterocycles. The highest BCUT2D eigenvalue weighted by molar-refractivity contribution is 6.29. The van der Waals surface area contributed by atoms with Crippen molar-refractivity contribution >= 4 is 11.6 Å². The molecule has 0 spiro atoms. The van der Waals surface area contributed by atoms with E-state index in [-0.39, 0.29) is 0 Å². The molecule has 0 N–H and O–H groups in total. The van der Waals surface area contributed by atoms with E-state index in [4.69, 9.17) is 11.6 Å².